The van der Waals surface area contributed by atoms with Gasteiger partial charge in [0, 0.05) is 19.3 Å². The number of hydrogen-bond donors (Lipinski definition) is 2. The minimum absolute atomic E-state index is 0.0430. The minimum atomic E-state index is -0.986. The van der Waals surface area contributed by atoms with E-state index in [1.807, 2.05) is 13.8 Å². The number of nitrogens with zero attached hydrogens (tertiary/aromatic N) is 1. The van der Waals surface area contributed by atoms with Crippen LogP contribution < -0.4 is 5.32 Å². The Hall–Kier alpha value is -2.08. The lowest BCUT2D eigenvalue weighted by Crippen LogP contribution is -2.43. The van der Waals surface area contributed by atoms with Crippen LogP contribution in [0.2, 0.25) is 0 Å². The fraction of sp³-hybridized carbons (Fsp3) is 0.467. The molecule has 0 aromatic heterocycles. The highest BCUT2D eigenvalue weighted by molar-refractivity contribution is 5.92. The lowest BCUT2D eigenvalue weighted by molar-refractivity contribution is 0.0697. The third-order valence-corrected chi connectivity index (χ3v) is 3.26. The van der Waals surface area contributed by atoms with Crippen LogP contribution in [0.4, 0.5) is 10.5 Å². The van der Waals surface area contributed by atoms with Crippen molar-refractivity contribution in [2.75, 3.05) is 25.6 Å². The molecule has 0 aliphatic carbocycles. The second-order valence-corrected chi connectivity index (χ2v) is 4.86. The number of rotatable bonds is 6. The maximum Gasteiger partial charge on any atom is 0.335 e. The molecular formula is C15H22N2O4. The Labute approximate surface area is 124 Å². The van der Waals surface area contributed by atoms with E-state index < -0.39 is 5.97 Å². The Balaban J connectivity index is 2.84. The van der Waals surface area contributed by atoms with Crippen LogP contribution in [0.3, 0.4) is 0 Å². The number of likely N-dealkylation sites (N-methyl/N-ethyl adjacent to an activating group) is 1. The summed E-state index contributed by atoms with van der Waals surface area (Å²) in [5.74, 6) is -0.986. The van der Waals surface area contributed by atoms with Crippen molar-refractivity contribution in [2.45, 2.75) is 26.8 Å². The number of aromatic carboxylic acids is 1. The molecule has 0 radical (unpaired) electrons. The van der Waals surface area contributed by atoms with Crippen molar-refractivity contribution in [3.05, 3.63) is 29.3 Å². The zero-order valence-corrected chi connectivity index (χ0v) is 12.8. The third-order valence-electron chi connectivity index (χ3n) is 3.26. The number of ether oxygens (including phenoxy) is 1. The number of urea groups is 1. The van der Waals surface area contributed by atoms with E-state index in [9.17, 15) is 9.59 Å². The summed E-state index contributed by atoms with van der Waals surface area (Å²) < 4.78 is 5.07. The first-order valence-electron chi connectivity index (χ1n) is 6.81. The topological polar surface area (TPSA) is 78.9 Å². The molecule has 1 atom stereocenters. The van der Waals surface area contributed by atoms with Gasteiger partial charge in [-0.25, -0.2) is 9.59 Å². The van der Waals surface area contributed by atoms with Gasteiger partial charge in [-0.2, -0.15) is 0 Å². The molecular weight excluding hydrogens is 272 g/mol. The maximum absolute atomic E-state index is 12.3. The van der Waals surface area contributed by atoms with E-state index in [2.05, 4.69) is 5.32 Å². The van der Waals surface area contributed by atoms with Crippen LogP contribution in [-0.4, -0.2) is 48.3 Å². The number of carbonyl (C=O) groups is 2. The Morgan fingerprint density at radius 1 is 1.43 bits per heavy atom. The number of methoxy groups -OCH3 is 1. The summed E-state index contributed by atoms with van der Waals surface area (Å²) in [6, 6.07) is 4.34. The molecule has 1 rings (SSSR count). The molecule has 1 aromatic carbocycles. The first kappa shape index (κ1) is 17.0. The van der Waals surface area contributed by atoms with Crippen LogP contribution >= 0.6 is 0 Å². The monoisotopic (exact) mass is 294 g/mol. The molecule has 116 valence electrons. The molecule has 6 heteroatoms. The molecule has 1 aromatic rings. The van der Waals surface area contributed by atoms with Crippen LogP contribution in [-0.2, 0) is 4.74 Å². The van der Waals surface area contributed by atoms with Crippen molar-refractivity contribution in [3.8, 4) is 0 Å². The molecule has 1 unspecified atom stereocenters. The number of carboxylic acid groups (broad SMARTS) is 1. The van der Waals surface area contributed by atoms with Gasteiger partial charge in [0.15, 0.2) is 0 Å². The zero-order chi connectivity index (χ0) is 16.0. The van der Waals surface area contributed by atoms with Crippen LogP contribution in [0.15, 0.2) is 18.2 Å². The van der Waals surface area contributed by atoms with Crippen molar-refractivity contribution in [1.82, 2.24) is 4.90 Å². The second kappa shape index (κ2) is 7.64. The van der Waals surface area contributed by atoms with Crippen LogP contribution in [0.25, 0.3) is 0 Å². The van der Waals surface area contributed by atoms with Gasteiger partial charge < -0.3 is 20.1 Å². The fourth-order valence-electron chi connectivity index (χ4n) is 2.11. The Kier molecular flexibility index (Phi) is 6.17. The zero-order valence-electron chi connectivity index (χ0n) is 12.8. The SMILES string of the molecule is CCN(C(=O)Nc1ccc(C(=O)O)cc1C)C(C)COC. The number of hydrogen-bond acceptors (Lipinski definition) is 3. The molecule has 0 spiro atoms. The molecule has 0 fully saturated rings. The lowest BCUT2D eigenvalue weighted by atomic mass is 10.1. The van der Waals surface area contributed by atoms with Crippen molar-refractivity contribution < 1.29 is 19.4 Å². The van der Waals surface area contributed by atoms with E-state index >= 15 is 0 Å². The van der Waals surface area contributed by atoms with E-state index in [-0.39, 0.29) is 17.6 Å². The molecule has 0 saturated carbocycles. The van der Waals surface area contributed by atoms with Gasteiger partial charge >= 0.3 is 12.0 Å². The molecule has 0 bridgehead atoms. The summed E-state index contributed by atoms with van der Waals surface area (Å²) >= 11 is 0. The molecule has 0 aliphatic rings. The molecule has 2 N–H and O–H groups in total. The largest absolute Gasteiger partial charge is 0.478 e. The molecule has 0 saturated heterocycles. The van der Waals surface area contributed by atoms with Gasteiger partial charge in [0.25, 0.3) is 0 Å². The van der Waals surface area contributed by atoms with E-state index in [1.54, 1.807) is 25.0 Å². The van der Waals surface area contributed by atoms with E-state index in [4.69, 9.17) is 9.84 Å². The molecule has 21 heavy (non-hydrogen) atoms. The van der Waals surface area contributed by atoms with Crippen LogP contribution in [0, 0.1) is 6.92 Å². The number of carboxylic acids is 1. The normalized spacial score (nSPS) is 11.8. The number of anilines is 1. The predicted octanol–water partition coefficient (Wildman–Crippen LogP) is 2.58. The summed E-state index contributed by atoms with van der Waals surface area (Å²) in [5.41, 5.74) is 1.51. The first-order chi connectivity index (χ1) is 9.90. The Morgan fingerprint density at radius 3 is 2.57 bits per heavy atom. The molecule has 0 heterocycles. The smallest absolute Gasteiger partial charge is 0.335 e. The van der Waals surface area contributed by atoms with Crippen molar-refractivity contribution in [1.29, 1.82) is 0 Å². The number of aryl methyl sites for hydroxylation is 1. The molecule has 6 nitrogen and oxygen atoms in total. The second-order valence-electron chi connectivity index (χ2n) is 4.86. The van der Waals surface area contributed by atoms with Gasteiger partial charge in [-0.05, 0) is 44.5 Å². The number of amides is 2. The number of nitrogens with one attached hydrogen (secondary N) is 1. The summed E-state index contributed by atoms with van der Waals surface area (Å²) in [4.78, 5) is 24.8. The highest BCUT2D eigenvalue weighted by Gasteiger charge is 2.19. The highest BCUT2D eigenvalue weighted by Crippen LogP contribution is 2.17. The van der Waals surface area contributed by atoms with Crippen LogP contribution in [0.5, 0.6) is 0 Å². The fourth-order valence-corrected chi connectivity index (χ4v) is 2.11. The number of carbonyl (C=O) groups excluding carboxylic acids is 1. The Morgan fingerprint density at radius 2 is 2.10 bits per heavy atom. The van der Waals surface area contributed by atoms with Crippen molar-refractivity contribution in [3.63, 3.8) is 0 Å². The average Bonchev–Trinajstić information content (AvgIpc) is 2.42. The summed E-state index contributed by atoms with van der Waals surface area (Å²) in [7, 11) is 1.59. The lowest BCUT2D eigenvalue weighted by Gasteiger charge is -2.28. The van der Waals surface area contributed by atoms with Crippen molar-refractivity contribution >= 4 is 17.7 Å². The quantitative estimate of drug-likeness (QED) is 0.845. The van der Waals surface area contributed by atoms with Gasteiger partial charge in [0.2, 0.25) is 0 Å². The van der Waals surface area contributed by atoms with Gasteiger partial charge in [-0.3, -0.25) is 0 Å². The summed E-state index contributed by atoms with van der Waals surface area (Å²) in [6.07, 6.45) is 0. The maximum atomic E-state index is 12.3. The number of benzene rings is 1. The van der Waals surface area contributed by atoms with E-state index in [0.29, 0.717) is 24.4 Å². The third kappa shape index (κ3) is 4.46. The predicted molar refractivity (Wildman–Crippen MR) is 80.9 cm³/mol. The van der Waals surface area contributed by atoms with Crippen molar-refractivity contribution in [2.24, 2.45) is 0 Å². The van der Waals surface area contributed by atoms with E-state index in [0.717, 1.165) is 0 Å². The minimum Gasteiger partial charge on any atom is -0.478 e. The summed E-state index contributed by atoms with van der Waals surface area (Å²) in [6.45, 7) is 6.58. The van der Waals surface area contributed by atoms with Gasteiger partial charge in [-0.1, -0.05) is 0 Å². The first-order valence-corrected chi connectivity index (χ1v) is 6.81. The average molecular weight is 294 g/mol. The standard InChI is InChI=1S/C15H22N2O4/c1-5-17(11(3)9-21-4)15(20)16-13-7-6-12(14(18)19)8-10(13)2/h6-8,11H,5,9H2,1-4H3,(H,16,20)(H,18,19). The highest BCUT2D eigenvalue weighted by atomic mass is 16.5. The Bertz CT molecular complexity index is 516. The van der Waals surface area contributed by atoms with Gasteiger partial charge in [0.1, 0.15) is 0 Å². The summed E-state index contributed by atoms with van der Waals surface area (Å²) in [5, 5.41) is 11.7. The van der Waals surface area contributed by atoms with Gasteiger partial charge in [0.05, 0.1) is 18.2 Å². The van der Waals surface area contributed by atoms with Crippen LogP contribution in [0.1, 0.15) is 29.8 Å². The van der Waals surface area contributed by atoms with Gasteiger partial charge in [-0.15, -0.1) is 0 Å². The molecule has 2 amide bonds. The van der Waals surface area contributed by atoms with E-state index in [1.165, 1.54) is 12.1 Å². The molecule has 0 aliphatic heterocycles.